The number of hydrogen-bond donors (Lipinski definition) is 1. The Labute approximate surface area is 130 Å². The van der Waals surface area contributed by atoms with Crippen molar-refractivity contribution in [3.05, 3.63) is 23.8 Å². The molecule has 5 atom stereocenters. The molecule has 3 rings (SSSR count). The van der Waals surface area contributed by atoms with E-state index in [-0.39, 0.29) is 0 Å². The van der Waals surface area contributed by atoms with E-state index in [4.69, 9.17) is 0 Å². The molecule has 0 bridgehead atoms. The van der Waals surface area contributed by atoms with Crippen molar-refractivity contribution in [1.82, 2.24) is 0 Å². The minimum Gasteiger partial charge on any atom is -0.389 e. The van der Waals surface area contributed by atoms with E-state index in [2.05, 4.69) is 52.8 Å². The third-order valence-electron chi connectivity index (χ3n) is 7.36. The van der Waals surface area contributed by atoms with Gasteiger partial charge in [-0.3, -0.25) is 0 Å². The molecule has 2 saturated carbocycles. The summed E-state index contributed by atoms with van der Waals surface area (Å²) in [5, 5.41) is 11.3. The molecule has 0 heterocycles. The van der Waals surface area contributed by atoms with E-state index in [1.54, 1.807) is 5.57 Å². The van der Waals surface area contributed by atoms with Crippen LogP contribution in [0.1, 0.15) is 66.7 Å². The molecule has 0 aliphatic heterocycles. The van der Waals surface area contributed by atoms with Gasteiger partial charge in [-0.05, 0) is 67.6 Å². The van der Waals surface area contributed by atoms with Crippen LogP contribution < -0.4 is 0 Å². The molecule has 3 aliphatic rings. The first kappa shape index (κ1) is 15.3. The summed E-state index contributed by atoms with van der Waals surface area (Å²) >= 11 is 0. The molecule has 0 aromatic carbocycles. The van der Waals surface area contributed by atoms with Crippen molar-refractivity contribution in [3.63, 3.8) is 0 Å². The Hall–Kier alpha value is -0.560. The first-order chi connectivity index (χ1) is 9.71. The predicted molar refractivity (Wildman–Crippen MR) is 89.0 cm³/mol. The molecule has 0 radical (unpaired) electrons. The molecular formula is C20H32O. The summed E-state index contributed by atoms with van der Waals surface area (Å²) in [6.07, 6.45) is 12.8. The van der Waals surface area contributed by atoms with Crippen LogP contribution in [-0.2, 0) is 0 Å². The fourth-order valence-corrected chi connectivity index (χ4v) is 5.72. The molecule has 1 heteroatoms. The lowest BCUT2D eigenvalue weighted by Crippen LogP contribution is -2.43. The largest absolute Gasteiger partial charge is 0.389 e. The van der Waals surface area contributed by atoms with Crippen LogP contribution >= 0.6 is 0 Å². The van der Waals surface area contributed by atoms with Crippen molar-refractivity contribution >= 4 is 0 Å². The first-order valence-corrected chi connectivity index (χ1v) is 8.80. The highest BCUT2D eigenvalue weighted by Crippen LogP contribution is 2.62. The van der Waals surface area contributed by atoms with Crippen LogP contribution in [0, 0.1) is 28.6 Å². The Morgan fingerprint density at radius 2 is 1.90 bits per heavy atom. The third-order valence-corrected chi connectivity index (χ3v) is 7.36. The highest BCUT2D eigenvalue weighted by atomic mass is 16.3. The maximum absolute atomic E-state index is 11.3. The summed E-state index contributed by atoms with van der Waals surface area (Å²) in [4.78, 5) is 0. The number of allylic oxidation sites excluding steroid dienone is 4. The quantitative estimate of drug-likeness (QED) is 0.710. The Morgan fingerprint density at radius 1 is 1.19 bits per heavy atom. The molecule has 2 unspecified atom stereocenters. The lowest BCUT2D eigenvalue weighted by Gasteiger charge is -2.41. The molecule has 0 spiro atoms. The molecule has 1 N–H and O–H groups in total. The highest BCUT2D eigenvalue weighted by molar-refractivity contribution is 5.27. The fourth-order valence-electron chi connectivity index (χ4n) is 5.72. The van der Waals surface area contributed by atoms with Gasteiger partial charge in [0.25, 0.3) is 0 Å². The Balaban J connectivity index is 1.98. The van der Waals surface area contributed by atoms with Crippen molar-refractivity contribution < 1.29 is 5.11 Å². The molecule has 0 aromatic heterocycles. The van der Waals surface area contributed by atoms with Crippen LogP contribution in [0.5, 0.6) is 0 Å². The molecule has 2 fully saturated rings. The Kier molecular flexibility index (Phi) is 3.44. The molecule has 1 nitrogen and oxygen atoms in total. The van der Waals surface area contributed by atoms with Crippen molar-refractivity contribution in [2.24, 2.45) is 28.6 Å². The number of aliphatic hydroxyl groups is 1. The van der Waals surface area contributed by atoms with Gasteiger partial charge in [0.05, 0.1) is 5.60 Å². The van der Waals surface area contributed by atoms with Crippen LogP contribution in [0.15, 0.2) is 23.8 Å². The zero-order chi connectivity index (χ0) is 15.5. The second kappa shape index (κ2) is 4.72. The molecule has 0 aromatic rings. The van der Waals surface area contributed by atoms with Crippen LogP contribution in [-0.4, -0.2) is 10.7 Å². The Morgan fingerprint density at radius 3 is 2.57 bits per heavy atom. The van der Waals surface area contributed by atoms with Crippen molar-refractivity contribution in [2.45, 2.75) is 72.3 Å². The van der Waals surface area contributed by atoms with E-state index in [0.29, 0.717) is 28.6 Å². The summed E-state index contributed by atoms with van der Waals surface area (Å²) in [6, 6.07) is 0. The summed E-state index contributed by atoms with van der Waals surface area (Å²) in [5.74, 6) is 1.49. The van der Waals surface area contributed by atoms with Crippen molar-refractivity contribution in [1.29, 1.82) is 0 Å². The SMILES string of the molecule is CC1=CC=CC2(C)CC[C@H]3[C@@](C)(CC[C@]3(O)C(C)C)CC12. The summed E-state index contributed by atoms with van der Waals surface area (Å²) in [7, 11) is 0. The maximum atomic E-state index is 11.3. The second-order valence-corrected chi connectivity index (χ2v) is 8.92. The topological polar surface area (TPSA) is 20.2 Å². The van der Waals surface area contributed by atoms with Gasteiger partial charge in [0.15, 0.2) is 0 Å². The lowest BCUT2D eigenvalue weighted by atomic mass is 9.64. The number of hydrogen-bond acceptors (Lipinski definition) is 1. The molecule has 3 aliphatic carbocycles. The van der Waals surface area contributed by atoms with E-state index in [0.717, 1.165) is 6.42 Å². The van der Waals surface area contributed by atoms with E-state index >= 15 is 0 Å². The van der Waals surface area contributed by atoms with Gasteiger partial charge in [-0.2, -0.15) is 0 Å². The van der Waals surface area contributed by atoms with Crippen molar-refractivity contribution in [3.8, 4) is 0 Å². The molecule has 118 valence electrons. The zero-order valence-electron chi connectivity index (χ0n) is 14.4. The third kappa shape index (κ3) is 2.15. The minimum atomic E-state index is -0.445. The van der Waals surface area contributed by atoms with Crippen LogP contribution in [0.2, 0.25) is 0 Å². The minimum absolute atomic E-state index is 0.296. The second-order valence-electron chi connectivity index (χ2n) is 8.92. The van der Waals surface area contributed by atoms with E-state index < -0.39 is 5.60 Å². The lowest BCUT2D eigenvalue weighted by molar-refractivity contribution is -0.0645. The standard InChI is InChI=1S/C20H32O/c1-14(2)20(21)12-11-19(5)13-16-15(3)7-6-9-18(16,4)10-8-17(19)20/h6-7,9,14,16-17,21H,8,10-13H2,1-5H3/t16?,17-,18?,19-,20-/m0/s1. The van der Waals surface area contributed by atoms with E-state index in [1.807, 2.05) is 0 Å². The van der Waals surface area contributed by atoms with E-state index in [9.17, 15) is 5.11 Å². The van der Waals surface area contributed by atoms with Gasteiger partial charge < -0.3 is 5.11 Å². The van der Waals surface area contributed by atoms with Crippen LogP contribution in [0.25, 0.3) is 0 Å². The smallest absolute Gasteiger partial charge is 0.0703 e. The average Bonchev–Trinajstić information content (AvgIpc) is 2.58. The number of fused-ring (bicyclic) bond motifs is 2. The maximum Gasteiger partial charge on any atom is 0.0703 e. The van der Waals surface area contributed by atoms with Crippen LogP contribution in [0.3, 0.4) is 0 Å². The Bertz CT molecular complexity index is 488. The monoisotopic (exact) mass is 288 g/mol. The zero-order valence-corrected chi connectivity index (χ0v) is 14.4. The van der Waals surface area contributed by atoms with Gasteiger partial charge in [0, 0.05) is 0 Å². The summed E-state index contributed by atoms with van der Waals surface area (Å²) in [5.41, 5.74) is 1.70. The average molecular weight is 288 g/mol. The highest BCUT2D eigenvalue weighted by Gasteiger charge is 2.58. The van der Waals surface area contributed by atoms with Gasteiger partial charge in [-0.25, -0.2) is 0 Å². The number of rotatable bonds is 1. The van der Waals surface area contributed by atoms with E-state index in [1.165, 1.54) is 25.7 Å². The first-order valence-electron chi connectivity index (χ1n) is 8.80. The predicted octanol–water partition coefficient (Wildman–Crippen LogP) is 5.11. The molecule has 0 amide bonds. The summed E-state index contributed by atoms with van der Waals surface area (Å²) in [6.45, 7) is 11.6. The van der Waals surface area contributed by atoms with Gasteiger partial charge in [0.2, 0.25) is 0 Å². The normalized spacial score (nSPS) is 49.6. The van der Waals surface area contributed by atoms with Gasteiger partial charge in [-0.1, -0.05) is 51.5 Å². The molecule has 0 saturated heterocycles. The van der Waals surface area contributed by atoms with Crippen molar-refractivity contribution in [2.75, 3.05) is 0 Å². The van der Waals surface area contributed by atoms with Gasteiger partial charge >= 0.3 is 0 Å². The molecular weight excluding hydrogens is 256 g/mol. The summed E-state index contributed by atoms with van der Waals surface area (Å²) < 4.78 is 0. The fraction of sp³-hybridized carbons (Fsp3) is 0.800. The van der Waals surface area contributed by atoms with Crippen LogP contribution in [0.4, 0.5) is 0 Å². The molecule has 21 heavy (non-hydrogen) atoms. The van der Waals surface area contributed by atoms with Gasteiger partial charge in [-0.15, -0.1) is 0 Å². The van der Waals surface area contributed by atoms with Gasteiger partial charge in [0.1, 0.15) is 0 Å².